The van der Waals surface area contributed by atoms with Gasteiger partial charge in [0.2, 0.25) is 11.8 Å². The van der Waals surface area contributed by atoms with Crippen molar-refractivity contribution in [3.63, 3.8) is 0 Å². The van der Waals surface area contributed by atoms with E-state index in [0.29, 0.717) is 31.7 Å². The maximum Gasteiger partial charge on any atom is 0.251 e. The highest BCUT2D eigenvalue weighted by molar-refractivity contribution is 5.89. The predicted octanol–water partition coefficient (Wildman–Crippen LogP) is 3.88. The molecule has 3 aliphatic rings. The first kappa shape index (κ1) is 27.6. The van der Waals surface area contributed by atoms with Gasteiger partial charge < -0.3 is 20.6 Å². The summed E-state index contributed by atoms with van der Waals surface area (Å²) in [6, 6.07) is 8.55. The highest BCUT2D eigenvalue weighted by atomic mass is 16.3. The molecule has 37 heavy (non-hydrogen) atoms. The molecule has 7 nitrogen and oxygen atoms in total. The van der Waals surface area contributed by atoms with Gasteiger partial charge in [0, 0.05) is 25.4 Å². The molecule has 0 radical (unpaired) electrons. The monoisotopic (exact) mass is 511 g/mol. The Morgan fingerprint density at radius 1 is 0.892 bits per heavy atom. The lowest BCUT2D eigenvalue weighted by Gasteiger charge is -2.32. The summed E-state index contributed by atoms with van der Waals surface area (Å²) in [4.78, 5) is 41.3. The summed E-state index contributed by atoms with van der Waals surface area (Å²) < 4.78 is 0. The van der Waals surface area contributed by atoms with Gasteiger partial charge in [-0.25, -0.2) is 0 Å². The molecule has 1 aromatic rings. The summed E-state index contributed by atoms with van der Waals surface area (Å²) in [5.74, 6) is -0.0793. The number of carbonyl (C=O) groups is 3. The Bertz CT molecular complexity index is 880. The summed E-state index contributed by atoms with van der Waals surface area (Å²) in [7, 11) is 0. The lowest BCUT2D eigenvalue weighted by Crippen LogP contribution is -2.56. The van der Waals surface area contributed by atoms with Crippen LogP contribution in [0.1, 0.15) is 95.5 Å². The van der Waals surface area contributed by atoms with Crippen molar-refractivity contribution < 1.29 is 19.5 Å². The van der Waals surface area contributed by atoms with Crippen LogP contribution >= 0.6 is 0 Å². The molecule has 1 aromatic carbocycles. The zero-order chi connectivity index (χ0) is 26.0. The summed E-state index contributed by atoms with van der Waals surface area (Å²) in [5, 5.41) is 17.0. The van der Waals surface area contributed by atoms with Crippen molar-refractivity contribution in [2.24, 2.45) is 5.92 Å². The molecule has 0 aromatic heterocycles. The van der Waals surface area contributed by atoms with Crippen LogP contribution < -0.4 is 10.6 Å². The molecule has 7 heteroatoms. The first-order valence-corrected chi connectivity index (χ1v) is 14.6. The quantitative estimate of drug-likeness (QED) is 0.444. The molecule has 2 aliphatic carbocycles. The first-order valence-electron chi connectivity index (χ1n) is 14.6. The minimum Gasteiger partial charge on any atom is -0.381 e. The number of rotatable bonds is 10. The van der Waals surface area contributed by atoms with E-state index in [1.54, 1.807) is 4.90 Å². The van der Waals surface area contributed by atoms with E-state index < -0.39 is 18.2 Å². The largest absolute Gasteiger partial charge is 0.381 e. The fourth-order valence-corrected chi connectivity index (χ4v) is 6.43. The molecular weight excluding hydrogens is 466 g/mol. The van der Waals surface area contributed by atoms with Crippen molar-refractivity contribution in [2.45, 2.75) is 121 Å². The highest BCUT2D eigenvalue weighted by Crippen LogP contribution is 2.27. The van der Waals surface area contributed by atoms with Gasteiger partial charge in [0.1, 0.15) is 6.04 Å². The van der Waals surface area contributed by atoms with E-state index in [2.05, 4.69) is 10.6 Å². The summed E-state index contributed by atoms with van der Waals surface area (Å²) in [6.07, 6.45) is 13.2. The van der Waals surface area contributed by atoms with E-state index in [4.69, 9.17) is 0 Å². The van der Waals surface area contributed by atoms with Crippen molar-refractivity contribution in [1.29, 1.82) is 0 Å². The number of aliphatic hydroxyl groups excluding tert-OH is 1. The van der Waals surface area contributed by atoms with Gasteiger partial charge in [0.25, 0.3) is 5.91 Å². The summed E-state index contributed by atoms with van der Waals surface area (Å²) in [5.41, 5.74) is 0.972. The maximum absolute atomic E-state index is 13.8. The molecule has 0 spiro atoms. The van der Waals surface area contributed by atoms with Crippen LogP contribution in [-0.4, -0.2) is 58.5 Å². The van der Waals surface area contributed by atoms with Crippen LogP contribution in [0.2, 0.25) is 0 Å². The Labute approximate surface area is 221 Å². The topological polar surface area (TPSA) is 98.7 Å². The second-order valence-electron chi connectivity index (χ2n) is 11.4. The third-order valence-corrected chi connectivity index (χ3v) is 8.59. The number of nitrogens with zero attached hydrogens (tertiary/aromatic N) is 1. The Balaban J connectivity index is 1.39. The molecule has 3 amide bonds. The number of carbonyl (C=O) groups excluding carboxylic acids is 3. The third-order valence-electron chi connectivity index (χ3n) is 8.59. The second-order valence-corrected chi connectivity index (χ2v) is 11.4. The van der Waals surface area contributed by atoms with Gasteiger partial charge in [-0.2, -0.15) is 0 Å². The molecule has 204 valence electrons. The van der Waals surface area contributed by atoms with Crippen molar-refractivity contribution in [1.82, 2.24) is 15.5 Å². The standard InChI is InChI=1S/C30H45N3O4/c34-27(19-18-22-11-4-1-5-12-22)32-25(21-23-13-6-2-7-14-23)30(37)33-20-10-17-26(33)28(35)29(36)31-24-15-8-3-9-16-24/h2,6-7,13-14,22,24-26,28,35H,1,3-5,8-12,15-21H2,(H,31,36)(H,32,34)/t25-,26-,28?/m0/s1. The molecule has 0 bridgehead atoms. The van der Waals surface area contributed by atoms with Crippen LogP contribution in [-0.2, 0) is 20.8 Å². The fraction of sp³-hybridized carbons (Fsp3) is 0.700. The lowest BCUT2D eigenvalue weighted by atomic mass is 9.86. The molecule has 1 heterocycles. The van der Waals surface area contributed by atoms with Gasteiger partial charge in [0.05, 0.1) is 6.04 Å². The number of aliphatic hydroxyl groups is 1. The zero-order valence-electron chi connectivity index (χ0n) is 22.2. The summed E-state index contributed by atoms with van der Waals surface area (Å²) in [6.45, 7) is 0.487. The van der Waals surface area contributed by atoms with Gasteiger partial charge >= 0.3 is 0 Å². The number of hydrogen-bond donors (Lipinski definition) is 3. The minimum absolute atomic E-state index is 0.0915. The average Bonchev–Trinajstić information content (AvgIpc) is 3.42. The van der Waals surface area contributed by atoms with Gasteiger partial charge in [0.15, 0.2) is 6.10 Å². The highest BCUT2D eigenvalue weighted by Gasteiger charge is 2.40. The van der Waals surface area contributed by atoms with E-state index in [-0.39, 0.29) is 23.8 Å². The SMILES string of the molecule is O=C(CCC1CCCCC1)N[C@@H](Cc1ccccc1)C(=O)N1CCC[C@H]1C(O)C(=O)NC1CCCCC1. The van der Waals surface area contributed by atoms with E-state index in [1.165, 1.54) is 38.5 Å². The number of likely N-dealkylation sites (tertiary alicyclic amines) is 1. The predicted molar refractivity (Wildman–Crippen MR) is 144 cm³/mol. The summed E-state index contributed by atoms with van der Waals surface area (Å²) >= 11 is 0. The molecule has 1 saturated heterocycles. The molecule has 3 N–H and O–H groups in total. The molecule has 1 unspecified atom stereocenters. The number of nitrogens with one attached hydrogen (secondary N) is 2. The van der Waals surface area contributed by atoms with Crippen molar-refractivity contribution >= 4 is 17.7 Å². The zero-order valence-corrected chi connectivity index (χ0v) is 22.2. The molecule has 2 saturated carbocycles. The molecular formula is C30H45N3O4. The molecule has 1 aliphatic heterocycles. The van der Waals surface area contributed by atoms with Crippen molar-refractivity contribution in [2.75, 3.05) is 6.54 Å². The Hall–Kier alpha value is -2.41. The molecule has 4 rings (SSSR count). The third kappa shape index (κ3) is 8.03. The Morgan fingerprint density at radius 3 is 2.27 bits per heavy atom. The van der Waals surface area contributed by atoms with Gasteiger partial charge in [-0.15, -0.1) is 0 Å². The Kier molecular flexibility index (Phi) is 10.4. The molecule has 3 atom stereocenters. The number of hydrogen-bond acceptors (Lipinski definition) is 4. The van der Waals surface area contributed by atoms with Crippen molar-refractivity contribution in [3.8, 4) is 0 Å². The average molecular weight is 512 g/mol. The van der Waals surface area contributed by atoms with Crippen LogP contribution in [0.25, 0.3) is 0 Å². The van der Waals surface area contributed by atoms with Gasteiger partial charge in [-0.1, -0.05) is 81.7 Å². The Morgan fingerprint density at radius 2 is 1.57 bits per heavy atom. The van der Waals surface area contributed by atoms with Crippen LogP contribution in [0, 0.1) is 5.92 Å². The maximum atomic E-state index is 13.8. The number of benzene rings is 1. The second kappa shape index (κ2) is 13.9. The lowest BCUT2D eigenvalue weighted by molar-refractivity contribution is -0.142. The minimum atomic E-state index is -1.26. The van der Waals surface area contributed by atoms with E-state index in [0.717, 1.165) is 44.1 Å². The fourth-order valence-electron chi connectivity index (χ4n) is 6.43. The van der Waals surface area contributed by atoms with Gasteiger partial charge in [-0.05, 0) is 43.6 Å². The van der Waals surface area contributed by atoms with E-state index >= 15 is 0 Å². The van der Waals surface area contributed by atoms with E-state index in [9.17, 15) is 19.5 Å². The van der Waals surface area contributed by atoms with Crippen molar-refractivity contribution in [3.05, 3.63) is 35.9 Å². The smallest absolute Gasteiger partial charge is 0.251 e. The number of amides is 3. The van der Waals surface area contributed by atoms with Crippen LogP contribution in [0.4, 0.5) is 0 Å². The van der Waals surface area contributed by atoms with E-state index in [1.807, 2.05) is 30.3 Å². The first-order chi connectivity index (χ1) is 18.0. The van der Waals surface area contributed by atoms with Crippen LogP contribution in [0.3, 0.4) is 0 Å². The van der Waals surface area contributed by atoms with Crippen LogP contribution in [0.5, 0.6) is 0 Å². The van der Waals surface area contributed by atoms with Crippen LogP contribution in [0.15, 0.2) is 30.3 Å². The van der Waals surface area contributed by atoms with Gasteiger partial charge in [-0.3, -0.25) is 14.4 Å². The normalized spacial score (nSPS) is 22.8. The molecule has 3 fully saturated rings.